The number of hydrogen-bond donors (Lipinski definition) is 1. The Morgan fingerprint density at radius 3 is 2.26 bits per heavy atom. The summed E-state index contributed by atoms with van der Waals surface area (Å²) in [4.78, 5) is 0. The van der Waals surface area contributed by atoms with Gasteiger partial charge in [-0.1, -0.05) is 12.1 Å². The van der Waals surface area contributed by atoms with E-state index in [1.165, 1.54) is 18.2 Å². The number of hydrogen-bond acceptors (Lipinski definition) is 4. The van der Waals surface area contributed by atoms with E-state index in [1.807, 2.05) is 0 Å². The lowest BCUT2D eigenvalue weighted by Crippen LogP contribution is -2.28. The van der Waals surface area contributed by atoms with Gasteiger partial charge in [0, 0.05) is 5.69 Å². The lowest BCUT2D eigenvalue weighted by atomic mass is 10.1. The Bertz CT molecular complexity index is 726. The summed E-state index contributed by atoms with van der Waals surface area (Å²) in [5.41, 5.74) is 0.477. The fraction of sp³-hybridized carbons (Fsp3) is 0.0909. The highest BCUT2D eigenvalue weighted by Gasteiger charge is 2.48. The summed E-state index contributed by atoms with van der Waals surface area (Å²) < 4.78 is 62.2. The van der Waals surface area contributed by atoms with Crippen LogP contribution in [0.15, 0.2) is 36.4 Å². The van der Waals surface area contributed by atoms with Crippen LogP contribution in [0.4, 0.5) is 18.9 Å². The van der Waals surface area contributed by atoms with Crippen LogP contribution in [0.5, 0.6) is 5.75 Å². The van der Waals surface area contributed by atoms with E-state index >= 15 is 0 Å². The summed E-state index contributed by atoms with van der Waals surface area (Å²) in [6, 6.07) is 8.54. The highest BCUT2D eigenvalue weighted by atomic mass is 32.2. The predicted octanol–water partition coefficient (Wildman–Crippen LogP) is 2.65. The van der Waals surface area contributed by atoms with Gasteiger partial charge in [0.1, 0.15) is 5.75 Å². The minimum Gasteiger partial charge on any atom is -0.399 e. The Morgan fingerprint density at radius 1 is 1.00 bits per heavy atom. The molecule has 0 fully saturated rings. The number of anilines is 1. The molecular weight excluding hydrogens is 283 g/mol. The van der Waals surface area contributed by atoms with Gasteiger partial charge in [0.05, 0.1) is 0 Å². The van der Waals surface area contributed by atoms with E-state index < -0.39 is 21.4 Å². The molecule has 102 valence electrons. The molecule has 2 rings (SSSR count). The van der Waals surface area contributed by atoms with Crippen molar-refractivity contribution in [1.82, 2.24) is 0 Å². The fourth-order valence-electron chi connectivity index (χ4n) is 1.47. The molecule has 2 aromatic rings. The Balaban J connectivity index is 2.42. The van der Waals surface area contributed by atoms with Crippen LogP contribution < -0.4 is 9.92 Å². The minimum absolute atomic E-state index is 0.406. The van der Waals surface area contributed by atoms with Crippen LogP contribution in [0, 0.1) is 0 Å². The molecule has 0 saturated carbocycles. The number of rotatable bonds is 2. The third-order valence-corrected chi connectivity index (χ3v) is 3.30. The highest BCUT2D eigenvalue weighted by molar-refractivity contribution is 7.88. The Kier molecular flexibility index (Phi) is 3.05. The van der Waals surface area contributed by atoms with Crippen LogP contribution in [0.1, 0.15) is 0 Å². The predicted molar refractivity (Wildman–Crippen MR) is 64.0 cm³/mol. The van der Waals surface area contributed by atoms with E-state index in [2.05, 4.69) is 4.18 Å². The molecule has 19 heavy (non-hydrogen) atoms. The van der Waals surface area contributed by atoms with Gasteiger partial charge < -0.3 is 9.92 Å². The molecule has 2 aromatic carbocycles. The smallest absolute Gasteiger partial charge is 0.399 e. The van der Waals surface area contributed by atoms with Gasteiger partial charge in [0.2, 0.25) is 0 Å². The van der Waals surface area contributed by atoms with E-state index in [-0.39, 0.29) is 0 Å². The largest absolute Gasteiger partial charge is 0.534 e. The number of alkyl halides is 3. The first kappa shape index (κ1) is 13.5. The van der Waals surface area contributed by atoms with E-state index in [1.54, 1.807) is 12.1 Å². The minimum atomic E-state index is -5.66. The van der Waals surface area contributed by atoms with Crippen LogP contribution in [-0.2, 0) is 10.1 Å². The Labute approximate surface area is 106 Å². The number of nitrogens with two attached hydrogens (primary N) is 1. The molecule has 0 aliphatic rings. The van der Waals surface area contributed by atoms with Crippen LogP contribution in [0.2, 0.25) is 0 Å². The number of fused-ring (bicyclic) bond motifs is 1. The van der Waals surface area contributed by atoms with Crippen LogP contribution in [0.3, 0.4) is 0 Å². The summed E-state index contributed by atoms with van der Waals surface area (Å²) in [5, 5.41) is 1.18. The summed E-state index contributed by atoms with van der Waals surface area (Å²) in [5.74, 6) is -0.421. The molecule has 0 aromatic heterocycles. The van der Waals surface area contributed by atoms with Gasteiger partial charge in [0.25, 0.3) is 0 Å². The van der Waals surface area contributed by atoms with Crippen molar-refractivity contribution < 1.29 is 25.8 Å². The highest BCUT2D eigenvalue weighted by Crippen LogP contribution is 2.29. The maximum atomic E-state index is 12.2. The van der Waals surface area contributed by atoms with Crippen molar-refractivity contribution in [3.8, 4) is 5.75 Å². The number of halogens is 3. The molecule has 0 heterocycles. The molecule has 0 radical (unpaired) electrons. The Morgan fingerprint density at radius 2 is 1.63 bits per heavy atom. The van der Waals surface area contributed by atoms with Gasteiger partial charge in [-0.25, -0.2) is 0 Å². The van der Waals surface area contributed by atoms with Crippen molar-refractivity contribution in [2.24, 2.45) is 0 Å². The molecule has 0 bridgehead atoms. The first-order chi connectivity index (χ1) is 8.69. The molecule has 8 heteroatoms. The lowest BCUT2D eigenvalue weighted by molar-refractivity contribution is -0.0500. The van der Waals surface area contributed by atoms with Crippen LogP contribution in [-0.4, -0.2) is 13.9 Å². The zero-order valence-electron chi connectivity index (χ0n) is 9.31. The summed E-state index contributed by atoms with van der Waals surface area (Å²) >= 11 is 0. The zero-order chi connectivity index (χ0) is 14.3. The molecule has 0 aliphatic heterocycles. The van der Waals surface area contributed by atoms with Crippen molar-refractivity contribution in [2.75, 3.05) is 5.73 Å². The first-order valence-electron chi connectivity index (χ1n) is 4.99. The van der Waals surface area contributed by atoms with Gasteiger partial charge >= 0.3 is 15.6 Å². The number of nitrogen functional groups attached to an aromatic ring is 1. The summed E-state index contributed by atoms with van der Waals surface area (Å²) in [6.07, 6.45) is 0. The first-order valence-corrected chi connectivity index (χ1v) is 6.40. The third kappa shape index (κ3) is 2.73. The van der Waals surface area contributed by atoms with E-state index in [0.29, 0.717) is 16.5 Å². The molecule has 2 N–H and O–H groups in total. The topological polar surface area (TPSA) is 69.4 Å². The molecule has 0 spiro atoms. The maximum Gasteiger partial charge on any atom is 0.534 e. The van der Waals surface area contributed by atoms with E-state index in [0.717, 1.165) is 6.07 Å². The second kappa shape index (κ2) is 4.30. The number of benzene rings is 2. The van der Waals surface area contributed by atoms with Gasteiger partial charge in [-0.05, 0) is 35.0 Å². The fourth-order valence-corrected chi connectivity index (χ4v) is 1.92. The lowest BCUT2D eigenvalue weighted by Gasteiger charge is -2.10. The van der Waals surface area contributed by atoms with E-state index in [9.17, 15) is 21.6 Å². The average Bonchev–Trinajstić information content (AvgIpc) is 2.26. The van der Waals surface area contributed by atoms with Crippen molar-refractivity contribution in [3.63, 3.8) is 0 Å². The standard InChI is InChI=1S/C11H8F3NO3S/c12-11(13,14)19(16,17)18-10-4-2-7-1-3-9(15)5-8(7)6-10/h1-6H,15H2. The molecule has 0 amide bonds. The quantitative estimate of drug-likeness (QED) is 0.524. The van der Waals surface area contributed by atoms with Gasteiger partial charge in [-0.2, -0.15) is 21.6 Å². The van der Waals surface area contributed by atoms with Gasteiger partial charge in [-0.15, -0.1) is 0 Å². The molecular formula is C11H8F3NO3S. The molecule has 0 aliphatic carbocycles. The molecule has 0 atom stereocenters. The average molecular weight is 291 g/mol. The van der Waals surface area contributed by atoms with Crippen LogP contribution >= 0.6 is 0 Å². The van der Waals surface area contributed by atoms with E-state index in [4.69, 9.17) is 5.73 Å². The molecule has 0 saturated heterocycles. The Hall–Kier alpha value is -1.96. The monoisotopic (exact) mass is 291 g/mol. The second-order valence-electron chi connectivity index (χ2n) is 3.75. The van der Waals surface area contributed by atoms with Crippen molar-refractivity contribution in [2.45, 2.75) is 5.51 Å². The summed E-state index contributed by atoms with van der Waals surface area (Å²) in [7, 11) is -5.66. The SMILES string of the molecule is Nc1ccc2ccc(OS(=O)(=O)C(F)(F)F)cc2c1. The van der Waals surface area contributed by atoms with Crippen molar-refractivity contribution >= 4 is 26.6 Å². The van der Waals surface area contributed by atoms with Gasteiger partial charge in [0.15, 0.2) is 0 Å². The molecule has 0 unspecified atom stereocenters. The van der Waals surface area contributed by atoms with Crippen molar-refractivity contribution in [1.29, 1.82) is 0 Å². The zero-order valence-corrected chi connectivity index (χ0v) is 10.1. The van der Waals surface area contributed by atoms with Crippen molar-refractivity contribution in [3.05, 3.63) is 36.4 Å². The third-order valence-electron chi connectivity index (χ3n) is 2.33. The molecule has 4 nitrogen and oxygen atoms in total. The van der Waals surface area contributed by atoms with Crippen LogP contribution in [0.25, 0.3) is 10.8 Å². The summed E-state index contributed by atoms with van der Waals surface area (Å²) in [6.45, 7) is 0. The van der Waals surface area contributed by atoms with Gasteiger partial charge in [-0.3, -0.25) is 0 Å². The second-order valence-corrected chi connectivity index (χ2v) is 5.29. The maximum absolute atomic E-state index is 12.2. The normalized spacial score (nSPS) is 12.6.